The smallest absolute Gasteiger partial charge is 0.200 e. The van der Waals surface area contributed by atoms with Gasteiger partial charge in [-0.2, -0.15) is 0 Å². The number of phenolic OH excluding ortho intramolecular Hbond substituents is 3. The van der Waals surface area contributed by atoms with E-state index in [0.717, 1.165) is 6.07 Å². The fourth-order valence-corrected chi connectivity index (χ4v) is 2.65. The second-order valence-corrected chi connectivity index (χ2v) is 6.29. The van der Waals surface area contributed by atoms with Crippen molar-refractivity contribution in [2.24, 2.45) is 0 Å². The van der Waals surface area contributed by atoms with Crippen LogP contribution in [0.4, 0.5) is 0 Å². The number of carbonyl (C=O) groups excluding carboxylic acids is 1. The summed E-state index contributed by atoms with van der Waals surface area (Å²) in [6.07, 6.45) is 3.31. The minimum Gasteiger partial charge on any atom is -0.507 e. The van der Waals surface area contributed by atoms with Crippen LogP contribution in [-0.4, -0.2) is 33.8 Å². The van der Waals surface area contributed by atoms with Crippen molar-refractivity contribution in [3.63, 3.8) is 0 Å². The van der Waals surface area contributed by atoms with Gasteiger partial charge >= 0.3 is 0 Å². The van der Waals surface area contributed by atoms with Gasteiger partial charge in [-0.3, -0.25) is 4.79 Å². The molecular weight excluding hydrogens is 324 g/mol. The van der Waals surface area contributed by atoms with Crippen molar-refractivity contribution in [1.82, 2.24) is 0 Å². The van der Waals surface area contributed by atoms with Gasteiger partial charge in [0.05, 0.1) is 23.8 Å². The van der Waals surface area contributed by atoms with Crippen molar-refractivity contribution >= 4 is 11.9 Å². The fourth-order valence-electron chi connectivity index (χ4n) is 2.65. The van der Waals surface area contributed by atoms with Gasteiger partial charge in [-0.15, -0.1) is 0 Å². The highest BCUT2D eigenvalue weighted by molar-refractivity contribution is 6.13. The van der Waals surface area contributed by atoms with Crippen LogP contribution in [0.2, 0.25) is 0 Å². The standard InChI is InChI=1S/C19H18O6/c1-19(2)7-6-11-16(22)13(9-15(21)18(11)25-19)17(23)12-8-10(24-3)4-5-14(12)20/h4-9,20-22H,1-3H3. The molecule has 0 saturated heterocycles. The minimum absolute atomic E-state index is 0.0463. The SMILES string of the molecule is COc1ccc(O)c(C(=O)c2cc(O)c3c(c2O)C=CC(C)(C)O3)c1. The van der Waals surface area contributed by atoms with E-state index in [1.165, 1.54) is 25.3 Å². The Morgan fingerprint density at radius 1 is 1.08 bits per heavy atom. The number of hydrogen-bond acceptors (Lipinski definition) is 6. The molecule has 2 aromatic rings. The third-order valence-electron chi connectivity index (χ3n) is 3.98. The summed E-state index contributed by atoms with van der Waals surface area (Å²) in [6.45, 7) is 3.60. The molecule has 1 aliphatic heterocycles. The van der Waals surface area contributed by atoms with Crippen LogP contribution in [0, 0.1) is 0 Å². The van der Waals surface area contributed by atoms with Gasteiger partial charge in [-0.05, 0) is 50.3 Å². The highest BCUT2D eigenvalue weighted by Gasteiger charge is 2.30. The van der Waals surface area contributed by atoms with Gasteiger partial charge in [0, 0.05) is 0 Å². The first-order valence-electron chi connectivity index (χ1n) is 7.62. The quantitative estimate of drug-likeness (QED) is 0.585. The lowest BCUT2D eigenvalue weighted by Crippen LogP contribution is -2.27. The Kier molecular flexibility index (Phi) is 3.83. The minimum atomic E-state index is -0.648. The molecule has 0 unspecified atom stereocenters. The van der Waals surface area contributed by atoms with E-state index in [2.05, 4.69) is 0 Å². The summed E-state index contributed by atoms with van der Waals surface area (Å²) in [5.74, 6) is -1.01. The van der Waals surface area contributed by atoms with Crippen molar-refractivity contribution in [3.8, 4) is 28.7 Å². The number of rotatable bonds is 3. The van der Waals surface area contributed by atoms with Crippen molar-refractivity contribution in [1.29, 1.82) is 0 Å². The lowest BCUT2D eigenvalue weighted by atomic mass is 9.95. The molecule has 2 aromatic carbocycles. The molecule has 0 radical (unpaired) electrons. The molecule has 3 N–H and O–H groups in total. The maximum atomic E-state index is 12.8. The summed E-state index contributed by atoms with van der Waals surface area (Å²) in [6, 6.07) is 5.33. The van der Waals surface area contributed by atoms with E-state index in [0.29, 0.717) is 5.75 Å². The molecule has 0 aliphatic carbocycles. The van der Waals surface area contributed by atoms with Gasteiger partial charge in [0.1, 0.15) is 22.8 Å². The summed E-state index contributed by atoms with van der Waals surface area (Å²) in [4.78, 5) is 12.8. The summed E-state index contributed by atoms with van der Waals surface area (Å²) >= 11 is 0. The predicted molar refractivity (Wildman–Crippen MR) is 91.6 cm³/mol. The number of benzene rings is 2. The zero-order chi connectivity index (χ0) is 18.4. The summed E-state index contributed by atoms with van der Waals surface area (Å²) in [7, 11) is 1.44. The number of carbonyl (C=O) groups is 1. The second-order valence-electron chi connectivity index (χ2n) is 6.29. The molecule has 25 heavy (non-hydrogen) atoms. The number of fused-ring (bicyclic) bond motifs is 1. The second kappa shape index (κ2) is 5.73. The lowest BCUT2D eigenvalue weighted by Gasteiger charge is -2.29. The topological polar surface area (TPSA) is 96.2 Å². The van der Waals surface area contributed by atoms with Gasteiger partial charge in [0.2, 0.25) is 5.78 Å². The Labute approximate surface area is 144 Å². The number of aromatic hydroxyl groups is 3. The molecule has 0 saturated carbocycles. The summed E-state index contributed by atoms with van der Waals surface area (Å²) in [5, 5.41) is 30.7. The van der Waals surface area contributed by atoms with Gasteiger partial charge in [-0.1, -0.05) is 0 Å². The Hall–Kier alpha value is -3.15. The average molecular weight is 342 g/mol. The fraction of sp³-hybridized carbons (Fsp3) is 0.211. The van der Waals surface area contributed by atoms with E-state index in [9.17, 15) is 20.1 Å². The van der Waals surface area contributed by atoms with Crippen LogP contribution in [0.15, 0.2) is 30.3 Å². The van der Waals surface area contributed by atoms with Crippen LogP contribution < -0.4 is 9.47 Å². The molecule has 0 atom stereocenters. The third kappa shape index (κ3) is 2.87. The summed E-state index contributed by atoms with van der Waals surface area (Å²) in [5.41, 5.74) is -0.624. The zero-order valence-corrected chi connectivity index (χ0v) is 14.0. The number of phenols is 3. The normalized spacial score (nSPS) is 14.5. The zero-order valence-electron chi connectivity index (χ0n) is 14.0. The van der Waals surface area contributed by atoms with Gasteiger partial charge in [0.15, 0.2) is 11.5 Å². The van der Waals surface area contributed by atoms with Gasteiger partial charge in [-0.25, -0.2) is 0 Å². The molecule has 3 rings (SSSR count). The molecule has 0 bridgehead atoms. The van der Waals surface area contributed by atoms with Crippen molar-refractivity contribution < 1.29 is 29.6 Å². The first-order chi connectivity index (χ1) is 11.7. The van der Waals surface area contributed by atoms with E-state index in [4.69, 9.17) is 9.47 Å². The lowest BCUT2D eigenvalue weighted by molar-refractivity contribution is 0.103. The van der Waals surface area contributed by atoms with Crippen LogP contribution in [0.25, 0.3) is 6.08 Å². The molecule has 0 aromatic heterocycles. The molecule has 0 spiro atoms. The van der Waals surface area contributed by atoms with Gasteiger partial charge < -0.3 is 24.8 Å². The van der Waals surface area contributed by atoms with E-state index in [1.807, 2.05) is 0 Å². The number of ketones is 1. The van der Waals surface area contributed by atoms with Gasteiger partial charge in [0.25, 0.3) is 0 Å². The molecule has 1 heterocycles. The number of hydrogen-bond donors (Lipinski definition) is 3. The van der Waals surface area contributed by atoms with E-state index in [1.54, 1.807) is 26.0 Å². The van der Waals surface area contributed by atoms with E-state index < -0.39 is 11.4 Å². The maximum absolute atomic E-state index is 12.8. The average Bonchev–Trinajstić information content (AvgIpc) is 2.57. The first-order valence-corrected chi connectivity index (χ1v) is 7.62. The summed E-state index contributed by atoms with van der Waals surface area (Å²) < 4.78 is 10.7. The molecular formula is C19H18O6. The van der Waals surface area contributed by atoms with E-state index >= 15 is 0 Å². The highest BCUT2D eigenvalue weighted by Crippen LogP contribution is 2.45. The number of methoxy groups -OCH3 is 1. The largest absolute Gasteiger partial charge is 0.507 e. The predicted octanol–water partition coefficient (Wildman–Crippen LogP) is 3.23. The van der Waals surface area contributed by atoms with Crippen molar-refractivity contribution in [2.45, 2.75) is 19.4 Å². The molecule has 6 nitrogen and oxygen atoms in total. The van der Waals surface area contributed by atoms with Crippen LogP contribution in [0.1, 0.15) is 35.3 Å². The van der Waals surface area contributed by atoms with Crippen molar-refractivity contribution in [3.05, 3.63) is 47.0 Å². The first kappa shape index (κ1) is 16.7. The maximum Gasteiger partial charge on any atom is 0.200 e. The van der Waals surface area contributed by atoms with Crippen LogP contribution in [-0.2, 0) is 0 Å². The molecule has 0 fully saturated rings. The molecule has 130 valence electrons. The van der Waals surface area contributed by atoms with Crippen LogP contribution in [0.5, 0.6) is 28.7 Å². The Morgan fingerprint density at radius 2 is 1.80 bits per heavy atom. The third-order valence-corrected chi connectivity index (χ3v) is 3.98. The number of ether oxygens (including phenoxy) is 2. The molecule has 6 heteroatoms. The van der Waals surface area contributed by atoms with Crippen LogP contribution >= 0.6 is 0 Å². The molecule has 1 aliphatic rings. The highest BCUT2D eigenvalue weighted by atomic mass is 16.5. The van der Waals surface area contributed by atoms with Crippen LogP contribution in [0.3, 0.4) is 0 Å². The Bertz CT molecular complexity index is 895. The van der Waals surface area contributed by atoms with Crippen molar-refractivity contribution in [2.75, 3.05) is 7.11 Å². The monoisotopic (exact) mass is 342 g/mol. The van der Waals surface area contributed by atoms with E-state index in [-0.39, 0.29) is 39.7 Å². The molecule has 0 amide bonds. The Balaban J connectivity index is 2.13. The Morgan fingerprint density at radius 3 is 2.48 bits per heavy atom.